The predicted octanol–water partition coefficient (Wildman–Crippen LogP) is 4.75. The lowest BCUT2D eigenvalue weighted by atomic mass is 10.0. The second-order valence-corrected chi connectivity index (χ2v) is 10.00. The Kier molecular flexibility index (Phi) is 8.66. The first kappa shape index (κ1) is 28.6. The SMILES string of the molecule is O=C(O)CCNC(=O)CNN1C(=O)/C(=C/c2cc(-c3cc(C(F)(F)F)cc(C(F)(F)F)c3)cs2)SC1=S. The van der Waals surface area contributed by atoms with Gasteiger partial charge in [0.25, 0.3) is 5.91 Å². The highest BCUT2D eigenvalue weighted by Gasteiger charge is 2.37. The first-order chi connectivity index (χ1) is 17.1. The van der Waals surface area contributed by atoms with Crippen molar-refractivity contribution in [1.82, 2.24) is 15.8 Å². The van der Waals surface area contributed by atoms with E-state index in [0.717, 1.165) is 28.1 Å². The maximum Gasteiger partial charge on any atom is 0.416 e. The number of thioether (sulfide) groups is 1. The summed E-state index contributed by atoms with van der Waals surface area (Å²) in [5, 5.41) is 13.2. The molecule has 0 radical (unpaired) electrons. The van der Waals surface area contributed by atoms with Crippen molar-refractivity contribution >= 4 is 63.5 Å². The number of carbonyl (C=O) groups excluding carboxylic acids is 2. The minimum absolute atomic E-state index is 0.0432. The number of thiophene rings is 1. The summed E-state index contributed by atoms with van der Waals surface area (Å²) in [7, 11) is 0. The van der Waals surface area contributed by atoms with E-state index >= 15 is 0 Å². The van der Waals surface area contributed by atoms with Crippen LogP contribution in [-0.2, 0) is 26.7 Å². The van der Waals surface area contributed by atoms with Crippen molar-refractivity contribution in [2.24, 2.45) is 0 Å². The summed E-state index contributed by atoms with van der Waals surface area (Å²) in [5.74, 6) is -2.30. The molecule has 1 aliphatic rings. The van der Waals surface area contributed by atoms with Gasteiger partial charge in [0.2, 0.25) is 5.91 Å². The molecule has 1 aliphatic heterocycles. The number of halogens is 6. The van der Waals surface area contributed by atoms with Crippen molar-refractivity contribution in [3.63, 3.8) is 0 Å². The van der Waals surface area contributed by atoms with Crippen molar-refractivity contribution in [2.75, 3.05) is 13.1 Å². The third-order valence-corrected chi connectivity index (χ3v) is 6.85. The molecule has 2 aromatic rings. The molecule has 1 aromatic heterocycles. The first-order valence-electron chi connectivity index (χ1n) is 10.0. The van der Waals surface area contributed by atoms with Crippen molar-refractivity contribution in [3.8, 4) is 11.1 Å². The number of hydrazine groups is 1. The number of nitrogens with one attached hydrogen (secondary N) is 2. The van der Waals surface area contributed by atoms with Crippen LogP contribution in [0.15, 0.2) is 34.6 Å². The monoisotopic (exact) mass is 583 g/mol. The second kappa shape index (κ2) is 11.2. The van der Waals surface area contributed by atoms with Gasteiger partial charge in [0.1, 0.15) is 0 Å². The molecule has 2 heterocycles. The summed E-state index contributed by atoms with van der Waals surface area (Å²) in [6.45, 7) is -0.481. The Balaban J connectivity index is 1.75. The minimum Gasteiger partial charge on any atom is -0.481 e. The van der Waals surface area contributed by atoms with Crippen LogP contribution in [0.1, 0.15) is 22.4 Å². The van der Waals surface area contributed by atoms with E-state index in [2.05, 4.69) is 10.7 Å². The molecule has 37 heavy (non-hydrogen) atoms. The maximum absolute atomic E-state index is 13.2. The van der Waals surface area contributed by atoms with Gasteiger partial charge < -0.3 is 10.4 Å². The van der Waals surface area contributed by atoms with Crippen molar-refractivity contribution in [2.45, 2.75) is 18.8 Å². The molecule has 3 N–H and O–H groups in total. The number of carbonyl (C=O) groups is 3. The molecular weight excluding hydrogens is 568 g/mol. The number of carboxylic acids is 1. The van der Waals surface area contributed by atoms with Gasteiger partial charge in [-0.2, -0.15) is 26.3 Å². The topological polar surface area (TPSA) is 98.7 Å². The van der Waals surface area contributed by atoms with Crippen molar-refractivity contribution in [3.05, 3.63) is 50.6 Å². The zero-order valence-corrected chi connectivity index (χ0v) is 20.6. The molecule has 0 spiro atoms. The van der Waals surface area contributed by atoms with E-state index in [1.165, 1.54) is 17.5 Å². The van der Waals surface area contributed by atoms with Crippen molar-refractivity contribution < 1.29 is 45.8 Å². The van der Waals surface area contributed by atoms with Crippen LogP contribution < -0.4 is 10.7 Å². The molecule has 198 valence electrons. The summed E-state index contributed by atoms with van der Waals surface area (Å²) >= 11 is 6.98. The molecule has 0 aliphatic carbocycles. The average Bonchev–Trinajstić information content (AvgIpc) is 3.35. The van der Waals surface area contributed by atoms with Gasteiger partial charge in [0, 0.05) is 11.4 Å². The van der Waals surface area contributed by atoms with E-state index < -0.39 is 41.3 Å². The Morgan fingerprint density at radius 1 is 1.03 bits per heavy atom. The van der Waals surface area contributed by atoms with E-state index in [-0.39, 0.29) is 45.9 Å². The van der Waals surface area contributed by atoms with E-state index in [1.54, 1.807) is 0 Å². The zero-order chi connectivity index (χ0) is 27.5. The Morgan fingerprint density at radius 2 is 1.65 bits per heavy atom. The molecule has 1 fully saturated rings. The lowest BCUT2D eigenvalue weighted by molar-refractivity contribution is -0.143. The molecule has 1 saturated heterocycles. The van der Waals surface area contributed by atoms with Crippen molar-refractivity contribution in [1.29, 1.82) is 0 Å². The lowest BCUT2D eigenvalue weighted by Gasteiger charge is -2.15. The molecular formula is C21H15F6N3O4S3. The number of carboxylic acid groups (broad SMARTS) is 1. The van der Waals surface area contributed by atoms with Gasteiger partial charge in [-0.15, -0.1) is 11.3 Å². The number of hydrogen-bond acceptors (Lipinski definition) is 7. The van der Waals surface area contributed by atoms with Gasteiger partial charge in [-0.05, 0) is 46.8 Å². The van der Waals surface area contributed by atoms with Crippen LogP contribution in [0, 0.1) is 0 Å². The van der Waals surface area contributed by atoms with E-state index in [1.807, 2.05) is 0 Å². The van der Waals surface area contributed by atoms with Crippen LogP contribution in [0.3, 0.4) is 0 Å². The Bertz CT molecular complexity index is 1240. The van der Waals surface area contributed by atoms with E-state index in [9.17, 15) is 40.7 Å². The van der Waals surface area contributed by atoms with Crippen LogP contribution >= 0.6 is 35.3 Å². The number of amides is 2. The molecule has 16 heteroatoms. The second-order valence-electron chi connectivity index (χ2n) is 7.38. The van der Waals surface area contributed by atoms with E-state index in [0.29, 0.717) is 17.0 Å². The Morgan fingerprint density at radius 3 is 2.22 bits per heavy atom. The number of aliphatic carboxylic acids is 1. The summed E-state index contributed by atoms with van der Waals surface area (Å²) in [4.78, 5) is 35.4. The minimum atomic E-state index is -4.98. The van der Waals surface area contributed by atoms with E-state index in [4.69, 9.17) is 17.3 Å². The van der Waals surface area contributed by atoms with Crippen LogP contribution in [0.5, 0.6) is 0 Å². The number of alkyl halides is 6. The fraction of sp³-hybridized carbons (Fsp3) is 0.238. The van der Waals surface area contributed by atoms with Gasteiger partial charge in [0.05, 0.1) is 29.0 Å². The quantitative estimate of drug-likeness (QED) is 0.235. The predicted molar refractivity (Wildman–Crippen MR) is 128 cm³/mol. The first-order valence-corrected chi connectivity index (χ1v) is 12.1. The largest absolute Gasteiger partial charge is 0.481 e. The summed E-state index contributed by atoms with van der Waals surface area (Å²) < 4.78 is 79.0. The highest BCUT2D eigenvalue weighted by atomic mass is 32.2. The molecule has 0 saturated carbocycles. The fourth-order valence-corrected chi connectivity index (χ4v) is 5.09. The molecule has 2 amide bonds. The summed E-state index contributed by atoms with van der Waals surface area (Å²) in [5.41, 5.74) is -0.557. The van der Waals surface area contributed by atoms with Gasteiger partial charge in [0.15, 0.2) is 4.32 Å². The third-order valence-electron chi connectivity index (χ3n) is 4.67. The standard InChI is InChI=1S/C21H15F6N3O4S3/c22-20(23,24)12-3-10(4-13(6-12)21(25,26)27)11-5-14(36-9-11)7-15-18(34)30(19(35)37-15)29-8-16(31)28-2-1-17(32)33/h3-7,9,29H,1-2,8H2,(H,28,31)(H,32,33)/b15-7-. The molecule has 0 bridgehead atoms. The normalized spacial score (nSPS) is 15.5. The molecule has 1 aromatic carbocycles. The highest BCUT2D eigenvalue weighted by molar-refractivity contribution is 8.26. The number of thiocarbonyl (C=S) groups is 1. The van der Waals surface area contributed by atoms with Crippen LogP contribution in [0.2, 0.25) is 0 Å². The van der Waals surface area contributed by atoms with Crippen LogP contribution in [-0.4, -0.2) is 45.3 Å². The Hall–Kier alpha value is -2.95. The fourth-order valence-electron chi connectivity index (χ4n) is 2.96. The number of benzene rings is 1. The number of nitrogens with zero attached hydrogens (tertiary/aromatic N) is 1. The average molecular weight is 584 g/mol. The molecule has 0 unspecified atom stereocenters. The number of rotatable bonds is 8. The van der Waals surface area contributed by atoms with Gasteiger partial charge in [-0.3, -0.25) is 14.4 Å². The Labute approximate surface area is 218 Å². The number of hydrogen-bond donors (Lipinski definition) is 3. The molecule has 0 atom stereocenters. The van der Waals surface area contributed by atoms with Crippen LogP contribution in [0.25, 0.3) is 17.2 Å². The summed E-state index contributed by atoms with van der Waals surface area (Å²) in [6, 6.07) is 2.62. The zero-order valence-electron chi connectivity index (χ0n) is 18.2. The highest BCUT2D eigenvalue weighted by Crippen LogP contribution is 2.40. The molecule has 7 nitrogen and oxygen atoms in total. The molecule has 3 rings (SSSR count). The van der Waals surface area contributed by atoms with Gasteiger partial charge in [-0.25, -0.2) is 10.4 Å². The van der Waals surface area contributed by atoms with Crippen LogP contribution in [0.4, 0.5) is 26.3 Å². The lowest BCUT2D eigenvalue weighted by Crippen LogP contribution is -2.46. The van der Waals surface area contributed by atoms with Gasteiger partial charge in [-0.1, -0.05) is 24.0 Å². The smallest absolute Gasteiger partial charge is 0.416 e. The summed E-state index contributed by atoms with van der Waals surface area (Å²) in [6.07, 6.45) is -8.87. The van der Waals surface area contributed by atoms with Gasteiger partial charge >= 0.3 is 18.3 Å². The maximum atomic E-state index is 13.2. The third kappa shape index (κ3) is 7.53.